The molecule has 0 unspecified atom stereocenters. The molecule has 0 saturated carbocycles. The first-order valence-electron chi connectivity index (χ1n) is 5.84. The molecule has 0 atom stereocenters. The van der Waals surface area contributed by atoms with Crippen molar-refractivity contribution in [3.63, 3.8) is 0 Å². The van der Waals surface area contributed by atoms with Crippen molar-refractivity contribution in [2.45, 2.75) is 0 Å². The minimum absolute atomic E-state index is 0.982. The highest BCUT2D eigenvalue weighted by Gasteiger charge is 2.04. The lowest BCUT2D eigenvalue weighted by Crippen LogP contribution is -1.88. The van der Waals surface area contributed by atoms with Gasteiger partial charge in [-0.3, -0.25) is 9.67 Å². The van der Waals surface area contributed by atoms with Crippen LogP contribution in [0.5, 0.6) is 0 Å². The van der Waals surface area contributed by atoms with E-state index in [-0.39, 0.29) is 0 Å². The van der Waals surface area contributed by atoms with Crippen molar-refractivity contribution >= 4 is 0 Å². The van der Waals surface area contributed by atoms with Gasteiger partial charge in [0, 0.05) is 30.6 Å². The van der Waals surface area contributed by atoms with Gasteiger partial charge >= 0.3 is 0 Å². The summed E-state index contributed by atoms with van der Waals surface area (Å²) in [5, 5.41) is 4.41. The van der Waals surface area contributed by atoms with Crippen LogP contribution in [0.2, 0.25) is 0 Å². The Bertz CT molecular complexity index is 656. The van der Waals surface area contributed by atoms with Crippen LogP contribution in [0.1, 0.15) is 0 Å². The minimum Gasteiger partial charge on any atom is -0.275 e. The molecule has 3 aromatic rings. The zero-order valence-electron chi connectivity index (χ0n) is 10.1. The third-order valence-electron chi connectivity index (χ3n) is 2.83. The zero-order valence-corrected chi connectivity index (χ0v) is 10.1. The smallest absolute Gasteiger partial charge is 0.0923 e. The maximum absolute atomic E-state index is 4.41. The molecular weight excluding hydrogens is 222 g/mol. The third-order valence-corrected chi connectivity index (χ3v) is 2.83. The molecule has 0 amide bonds. The molecule has 0 bridgehead atoms. The molecule has 18 heavy (non-hydrogen) atoms. The van der Waals surface area contributed by atoms with Crippen molar-refractivity contribution in [1.82, 2.24) is 14.8 Å². The molecule has 0 aliphatic heterocycles. The van der Waals surface area contributed by atoms with E-state index in [0.717, 1.165) is 22.5 Å². The SMILES string of the molecule is Cn1ccc(-c2cccc(-c3ccccn3)c2)n1. The number of hydrogen-bond acceptors (Lipinski definition) is 2. The molecule has 0 radical (unpaired) electrons. The fraction of sp³-hybridized carbons (Fsp3) is 0.0667. The lowest BCUT2D eigenvalue weighted by molar-refractivity contribution is 0.771. The molecule has 0 aliphatic rings. The molecular formula is C15H13N3. The average Bonchev–Trinajstić information content (AvgIpc) is 2.87. The monoisotopic (exact) mass is 235 g/mol. The van der Waals surface area contributed by atoms with E-state index in [1.54, 1.807) is 0 Å². The number of nitrogens with zero attached hydrogens (tertiary/aromatic N) is 3. The molecule has 0 aliphatic carbocycles. The standard InChI is InChI=1S/C15H13N3/c1-18-10-8-15(17-18)13-6-4-5-12(11-13)14-7-2-3-9-16-14/h2-11H,1H3. The highest BCUT2D eigenvalue weighted by atomic mass is 15.2. The van der Waals surface area contributed by atoms with Crippen molar-refractivity contribution in [3.05, 3.63) is 60.9 Å². The topological polar surface area (TPSA) is 30.7 Å². The van der Waals surface area contributed by atoms with Gasteiger partial charge in [-0.25, -0.2) is 0 Å². The summed E-state index contributed by atoms with van der Waals surface area (Å²) in [4.78, 5) is 4.36. The fourth-order valence-corrected chi connectivity index (χ4v) is 1.94. The number of rotatable bonds is 2. The first-order valence-corrected chi connectivity index (χ1v) is 5.84. The Morgan fingerprint density at radius 1 is 0.889 bits per heavy atom. The van der Waals surface area contributed by atoms with Gasteiger partial charge < -0.3 is 0 Å². The molecule has 0 fully saturated rings. The van der Waals surface area contributed by atoms with Crippen LogP contribution in [0.25, 0.3) is 22.5 Å². The second kappa shape index (κ2) is 4.45. The largest absolute Gasteiger partial charge is 0.275 e. The van der Waals surface area contributed by atoms with Gasteiger partial charge in [-0.05, 0) is 24.3 Å². The van der Waals surface area contributed by atoms with E-state index in [4.69, 9.17) is 0 Å². The summed E-state index contributed by atoms with van der Waals surface area (Å²) in [6.45, 7) is 0. The molecule has 3 heteroatoms. The first-order chi connectivity index (χ1) is 8.83. The number of aromatic nitrogens is 3. The lowest BCUT2D eigenvalue weighted by Gasteiger charge is -2.02. The molecule has 88 valence electrons. The normalized spacial score (nSPS) is 10.5. The van der Waals surface area contributed by atoms with Crippen LogP contribution in [0.3, 0.4) is 0 Å². The van der Waals surface area contributed by atoms with E-state index in [0.29, 0.717) is 0 Å². The Balaban J connectivity index is 2.05. The highest BCUT2D eigenvalue weighted by Crippen LogP contribution is 2.23. The van der Waals surface area contributed by atoms with Gasteiger partial charge in [0.1, 0.15) is 0 Å². The second-order valence-corrected chi connectivity index (χ2v) is 4.17. The molecule has 0 spiro atoms. The van der Waals surface area contributed by atoms with Gasteiger partial charge in [0.25, 0.3) is 0 Å². The van der Waals surface area contributed by atoms with Crippen molar-refractivity contribution in [3.8, 4) is 22.5 Å². The van der Waals surface area contributed by atoms with Crippen molar-refractivity contribution in [2.24, 2.45) is 7.05 Å². The van der Waals surface area contributed by atoms with Crippen LogP contribution in [0, 0.1) is 0 Å². The number of pyridine rings is 1. The van der Waals surface area contributed by atoms with E-state index in [2.05, 4.69) is 28.3 Å². The Morgan fingerprint density at radius 3 is 2.39 bits per heavy atom. The summed E-state index contributed by atoms with van der Waals surface area (Å²) in [6, 6.07) is 16.2. The highest BCUT2D eigenvalue weighted by molar-refractivity contribution is 5.69. The van der Waals surface area contributed by atoms with E-state index in [9.17, 15) is 0 Å². The summed E-state index contributed by atoms with van der Waals surface area (Å²) in [6.07, 6.45) is 3.76. The summed E-state index contributed by atoms with van der Waals surface area (Å²) in [5.74, 6) is 0. The van der Waals surface area contributed by atoms with E-state index in [1.807, 2.05) is 54.5 Å². The Hall–Kier alpha value is -2.42. The van der Waals surface area contributed by atoms with Gasteiger partial charge in [0.05, 0.1) is 11.4 Å². The zero-order chi connectivity index (χ0) is 12.4. The quantitative estimate of drug-likeness (QED) is 0.683. The van der Waals surface area contributed by atoms with Crippen molar-refractivity contribution in [1.29, 1.82) is 0 Å². The van der Waals surface area contributed by atoms with Gasteiger partial charge in [-0.1, -0.05) is 24.3 Å². The molecule has 1 aromatic carbocycles. The molecule has 0 N–H and O–H groups in total. The first kappa shape index (κ1) is 10.7. The molecule has 2 aromatic heterocycles. The third kappa shape index (κ3) is 2.02. The van der Waals surface area contributed by atoms with E-state index < -0.39 is 0 Å². The summed E-state index contributed by atoms with van der Waals surface area (Å²) in [7, 11) is 1.92. The number of aryl methyl sites for hydroxylation is 1. The average molecular weight is 235 g/mol. The summed E-state index contributed by atoms with van der Waals surface area (Å²) >= 11 is 0. The van der Waals surface area contributed by atoms with E-state index >= 15 is 0 Å². The maximum Gasteiger partial charge on any atom is 0.0923 e. The summed E-state index contributed by atoms with van der Waals surface area (Å²) in [5.41, 5.74) is 4.18. The van der Waals surface area contributed by atoms with E-state index in [1.165, 1.54) is 0 Å². The number of hydrogen-bond donors (Lipinski definition) is 0. The summed E-state index contributed by atoms with van der Waals surface area (Å²) < 4.78 is 1.81. The minimum atomic E-state index is 0.982. The van der Waals surface area contributed by atoms with Crippen molar-refractivity contribution < 1.29 is 0 Å². The predicted octanol–water partition coefficient (Wildman–Crippen LogP) is 3.15. The van der Waals surface area contributed by atoms with Crippen LogP contribution in [-0.4, -0.2) is 14.8 Å². The fourth-order valence-electron chi connectivity index (χ4n) is 1.94. The van der Waals surface area contributed by atoms with Gasteiger partial charge in [-0.15, -0.1) is 0 Å². The Kier molecular flexibility index (Phi) is 2.65. The van der Waals surface area contributed by atoms with Crippen LogP contribution < -0.4 is 0 Å². The predicted molar refractivity (Wildman–Crippen MR) is 71.9 cm³/mol. The number of benzene rings is 1. The van der Waals surface area contributed by atoms with Gasteiger partial charge in [0.15, 0.2) is 0 Å². The molecule has 3 rings (SSSR count). The van der Waals surface area contributed by atoms with Gasteiger partial charge in [-0.2, -0.15) is 5.10 Å². The molecule has 0 saturated heterocycles. The van der Waals surface area contributed by atoms with Crippen LogP contribution in [0.4, 0.5) is 0 Å². The van der Waals surface area contributed by atoms with Crippen LogP contribution in [0.15, 0.2) is 60.9 Å². The van der Waals surface area contributed by atoms with Gasteiger partial charge in [0.2, 0.25) is 0 Å². The van der Waals surface area contributed by atoms with Crippen molar-refractivity contribution in [2.75, 3.05) is 0 Å². The second-order valence-electron chi connectivity index (χ2n) is 4.17. The van der Waals surface area contributed by atoms with Crippen LogP contribution in [-0.2, 0) is 7.05 Å². The Morgan fingerprint density at radius 2 is 1.72 bits per heavy atom. The Labute approximate surface area is 106 Å². The molecule has 2 heterocycles. The van der Waals surface area contributed by atoms with Crippen LogP contribution >= 0.6 is 0 Å². The maximum atomic E-state index is 4.41. The lowest BCUT2D eigenvalue weighted by atomic mass is 10.1. The molecule has 3 nitrogen and oxygen atoms in total.